The number of H-pyrrole nitrogens is 1. The van der Waals surface area contributed by atoms with Crippen LogP contribution in [-0.2, 0) is 11.3 Å². The highest BCUT2D eigenvalue weighted by molar-refractivity contribution is 7.10. The van der Waals surface area contributed by atoms with Gasteiger partial charge in [-0.1, -0.05) is 85.5 Å². The van der Waals surface area contributed by atoms with Crippen molar-refractivity contribution in [1.29, 1.82) is 0 Å². The summed E-state index contributed by atoms with van der Waals surface area (Å²) in [5.41, 5.74) is 3.06. The number of nitrogens with one attached hydrogen (secondary N) is 2. The van der Waals surface area contributed by atoms with Crippen molar-refractivity contribution in [1.82, 2.24) is 15.2 Å². The van der Waals surface area contributed by atoms with Crippen molar-refractivity contribution < 1.29 is 9.59 Å². The van der Waals surface area contributed by atoms with Crippen LogP contribution in [0.3, 0.4) is 0 Å². The van der Waals surface area contributed by atoms with Crippen molar-refractivity contribution in [2.45, 2.75) is 50.7 Å². The summed E-state index contributed by atoms with van der Waals surface area (Å²) in [6, 6.07) is 24.2. The second-order valence-corrected chi connectivity index (χ2v) is 10.8. The lowest BCUT2D eigenvalue weighted by Gasteiger charge is -2.32. The van der Waals surface area contributed by atoms with Gasteiger partial charge in [-0.05, 0) is 53.6 Å². The maximum Gasteiger partial charge on any atom is 0.271 e. The number of carbonyl (C=O) groups is 2. The van der Waals surface area contributed by atoms with E-state index in [0.717, 1.165) is 47.4 Å². The minimum atomic E-state index is -0.769. The van der Waals surface area contributed by atoms with Gasteiger partial charge in [-0.3, -0.25) is 9.59 Å². The molecule has 2 aromatic carbocycles. The highest BCUT2D eigenvalue weighted by atomic mass is 35.5. The van der Waals surface area contributed by atoms with Crippen molar-refractivity contribution in [3.63, 3.8) is 0 Å². The molecule has 2 aromatic heterocycles. The Morgan fingerprint density at radius 2 is 1.70 bits per heavy atom. The summed E-state index contributed by atoms with van der Waals surface area (Å²) in [7, 11) is 0. The Labute approximate surface area is 226 Å². The molecule has 5 nitrogen and oxygen atoms in total. The van der Waals surface area contributed by atoms with Crippen LogP contribution in [0.5, 0.6) is 0 Å². The highest BCUT2D eigenvalue weighted by Gasteiger charge is 2.35. The fourth-order valence-corrected chi connectivity index (χ4v) is 5.98. The smallest absolute Gasteiger partial charge is 0.271 e. The standard InChI is InChI=1S/C30H30ClN3O2S/c31-24-15-8-7-12-22(24)20-34(30(36)26-18-17-25(33-26)21-10-3-1-4-11-21)28(27-16-9-19-37-27)29(35)32-23-13-5-2-6-14-23/h1,3-4,7-12,15-19,23,28,33H,2,5-6,13-14,20H2,(H,32,35). The molecule has 0 saturated heterocycles. The average Bonchev–Trinajstić information content (AvgIpc) is 3.63. The van der Waals surface area contributed by atoms with E-state index in [2.05, 4.69) is 10.3 Å². The van der Waals surface area contributed by atoms with Crippen LogP contribution < -0.4 is 5.32 Å². The predicted molar refractivity (Wildman–Crippen MR) is 150 cm³/mol. The average molecular weight is 532 g/mol. The Bertz CT molecular complexity index is 1330. The topological polar surface area (TPSA) is 65.2 Å². The van der Waals surface area contributed by atoms with E-state index in [0.29, 0.717) is 10.7 Å². The largest absolute Gasteiger partial charge is 0.351 e. The van der Waals surface area contributed by atoms with Crippen molar-refractivity contribution >= 4 is 34.8 Å². The number of carbonyl (C=O) groups excluding carboxylic acids is 2. The molecular weight excluding hydrogens is 502 g/mol. The monoisotopic (exact) mass is 531 g/mol. The van der Waals surface area contributed by atoms with Crippen LogP contribution in [0.4, 0.5) is 0 Å². The quantitative estimate of drug-likeness (QED) is 0.252. The predicted octanol–water partition coefficient (Wildman–Crippen LogP) is 7.23. The molecule has 4 aromatic rings. The normalized spacial score (nSPS) is 14.7. The maximum absolute atomic E-state index is 14.1. The van der Waals surface area contributed by atoms with Crippen LogP contribution in [0.2, 0.25) is 5.02 Å². The molecule has 1 aliphatic carbocycles. The Morgan fingerprint density at radius 1 is 0.946 bits per heavy atom. The van der Waals surface area contributed by atoms with Gasteiger partial charge >= 0.3 is 0 Å². The molecule has 2 amide bonds. The number of benzene rings is 2. The summed E-state index contributed by atoms with van der Waals surface area (Å²) in [6.07, 6.45) is 5.37. The molecular formula is C30H30ClN3O2S. The van der Waals surface area contributed by atoms with Gasteiger partial charge in [-0.25, -0.2) is 0 Å². The third kappa shape index (κ3) is 5.97. The van der Waals surface area contributed by atoms with Crippen molar-refractivity contribution in [2.75, 3.05) is 0 Å². The number of amides is 2. The summed E-state index contributed by atoms with van der Waals surface area (Å²) in [5, 5.41) is 5.76. The summed E-state index contributed by atoms with van der Waals surface area (Å²) < 4.78 is 0. The molecule has 1 fully saturated rings. The molecule has 0 spiro atoms. The summed E-state index contributed by atoms with van der Waals surface area (Å²) in [4.78, 5) is 33.7. The number of aromatic nitrogens is 1. The molecule has 5 rings (SSSR count). The minimum Gasteiger partial charge on any atom is -0.351 e. The fraction of sp³-hybridized carbons (Fsp3) is 0.267. The minimum absolute atomic E-state index is 0.135. The molecule has 0 aliphatic heterocycles. The zero-order chi connectivity index (χ0) is 25.6. The van der Waals surface area contributed by atoms with Crippen LogP contribution >= 0.6 is 22.9 Å². The van der Waals surface area contributed by atoms with E-state index in [1.807, 2.05) is 78.2 Å². The Morgan fingerprint density at radius 3 is 2.43 bits per heavy atom. The van der Waals surface area contributed by atoms with E-state index >= 15 is 0 Å². The first-order valence-electron chi connectivity index (χ1n) is 12.7. The SMILES string of the molecule is O=C(NC1CCCCC1)C(c1cccs1)N(Cc1ccccc1Cl)C(=O)c1ccc(-c2ccccc2)[nH]1. The van der Waals surface area contributed by atoms with E-state index in [9.17, 15) is 9.59 Å². The van der Waals surface area contributed by atoms with Crippen molar-refractivity contribution in [3.05, 3.63) is 105 Å². The van der Waals surface area contributed by atoms with Crippen LogP contribution in [0.25, 0.3) is 11.3 Å². The van der Waals surface area contributed by atoms with Crippen LogP contribution in [0.15, 0.2) is 84.2 Å². The molecule has 2 N–H and O–H groups in total. The van der Waals surface area contributed by atoms with Gasteiger partial charge in [0.05, 0.1) is 0 Å². The van der Waals surface area contributed by atoms with Gasteiger partial charge in [0.1, 0.15) is 11.7 Å². The zero-order valence-electron chi connectivity index (χ0n) is 20.5. The first-order chi connectivity index (χ1) is 18.1. The van der Waals surface area contributed by atoms with Gasteiger partial charge in [0.25, 0.3) is 5.91 Å². The number of rotatable bonds is 8. The van der Waals surface area contributed by atoms with Gasteiger partial charge in [-0.2, -0.15) is 0 Å². The molecule has 7 heteroatoms. The Balaban J connectivity index is 1.51. The molecule has 1 saturated carbocycles. The summed E-state index contributed by atoms with van der Waals surface area (Å²) in [6.45, 7) is 0.207. The summed E-state index contributed by atoms with van der Waals surface area (Å²) in [5.74, 6) is -0.399. The first kappa shape index (κ1) is 25.3. The van der Waals surface area contributed by atoms with E-state index in [1.54, 1.807) is 11.0 Å². The lowest BCUT2D eigenvalue weighted by Crippen LogP contribution is -2.46. The van der Waals surface area contributed by atoms with Crippen LogP contribution in [0.1, 0.15) is 59.1 Å². The number of nitrogens with zero attached hydrogens (tertiary/aromatic N) is 1. The van der Waals surface area contributed by atoms with Gasteiger partial charge < -0.3 is 15.2 Å². The van der Waals surface area contributed by atoms with Crippen LogP contribution in [0, 0.1) is 0 Å². The Kier molecular flexibility index (Phi) is 8.07. The second kappa shape index (κ2) is 11.8. The number of hydrogen-bond acceptors (Lipinski definition) is 3. The van der Waals surface area contributed by atoms with Gasteiger partial charge in [-0.15, -0.1) is 11.3 Å². The molecule has 1 unspecified atom stereocenters. The third-order valence-corrected chi connectivity index (χ3v) is 8.18. The molecule has 1 aliphatic rings. The fourth-order valence-electron chi connectivity index (χ4n) is 4.95. The number of aromatic amines is 1. The van der Waals surface area contributed by atoms with E-state index in [4.69, 9.17) is 11.6 Å². The van der Waals surface area contributed by atoms with Crippen molar-refractivity contribution in [3.8, 4) is 11.3 Å². The highest BCUT2D eigenvalue weighted by Crippen LogP contribution is 2.31. The van der Waals surface area contributed by atoms with Crippen LogP contribution in [-0.4, -0.2) is 27.7 Å². The molecule has 0 radical (unpaired) electrons. The van der Waals surface area contributed by atoms with Gasteiger partial charge in [0.2, 0.25) is 5.91 Å². The molecule has 1 atom stereocenters. The number of hydrogen-bond donors (Lipinski definition) is 2. The summed E-state index contributed by atoms with van der Waals surface area (Å²) >= 11 is 8.01. The number of halogens is 1. The molecule has 0 bridgehead atoms. The van der Waals surface area contributed by atoms with E-state index in [1.165, 1.54) is 17.8 Å². The maximum atomic E-state index is 14.1. The second-order valence-electron chi connectivity index (χ2n) is 9.44. The van der Waals surface area contributed by atoms with Gasteiger partial charge in [0.15, 0.2) is 0 Å². The van der Waals surface area contributed by atoms with Crippen molar-refractivity contribution in [2.24, 2.45) is 0 Å². The van der Waals surface area contributed by atoms with Gasteiger partial charge in [0, 0.05) is 28.2 Å². The number of thiophene rings is 1. The van der Waals surface area contributed by atoms with E-state index in [-0.39, 0.29) is 24.4 Å². The Hall–Kier alpha value is -3.35. The van der Waals surface area contributed by atoms with E-state index < -0.39 is 6.04 Å². The molecule has 37 heavy (non-hydrogen) atoms. The first-order valence-corrected chi connectivity index (χ1v) is 14.0. The lowest BCUT2D eigenvalue weighted by molar-refractivity contribution is -0.127. The zero-order valence-corrected chi connectivity index (χ0v) is 22.1. The molecule has 190 valence electrons. The third-order valence-electron chi connectivity index (χ3n) is 6.88. The lowest BCUT2D eigenvalue weighted by atomic mass is 9.95. The molecule has 2 heterocycles.